The first-order chi connectivity index (χ1) is 2.41. The van der Waals surface area contributed by atoms with Gasteiger partial charge in [-0.15, -0.1) is 11.6 Å². The molecule has 0 saturated carbocycles. The molecule has 0 bridgehead atoms. The second kappa shape index (κ2) is 18.2. The summed E-state index contributed by atoms with van der Waals surface area (Å²) in [6, 6.07) is 0. The molecular formula is C2H2ClIZn. The van der Waals surface area contributed by atoms with Crippen LogP contribution in [0.5, 0.6) is 0 Å². The summed E-state index contributed by atoms with van der Waals surface area (Å²) in [5.41, 5.74) is 0.972. The summed E-state index contributed by atoms with van der Waals surface area (Å²) in [4.78, 5) is 0. The van der Waals surface area contributed by atoms with Gasteiger partial charge in [-0.2, -0.15) is 5.54 Å². The third kappa shape index (κ3) is 32.2. The van der Waals surface area contributed by atoms with Gasteiger partial charge in [0.05, 0.1) is 0 Å². The van der Waals surface area contributed by atoms with Gasteiger partial charge in [0.25, 0.3) is 0 Å². The Morgan fingerprint density at radius 1 is 1.80 bits per heavy atom. The summed E-state index contributed by atoms with van der Waals surface area (Å²) in [6.07, 6.45) is 0. The van der Waals surface area contributed by atoms with Crippen molar-refractivity contribution < 1.29 is 14.8 Å². The van der Waals surface area contributed by atoms with Crippen LogP contribution in [0, 0.1) is 6.58 Å². The molecule has 3 heteroatoms. The van der Waals surface area contributed by atoms with Crippen LogP contribution in [0.1, 0.15) is 0 Å². The summed E-state index contributed by atoms with van der Waals surface area (Å²) in [6.45, 7) is 4.49. The van der Waals surface area contributed by atoms with Crippen molar-refractivity contribution in [3.05, 3.63) is 12.1 Å². The molecule has 0 aliphatic rings. The van der Waals surface area contributed by atoms with E-state index in [-0.39, 0.29) is 0 Å². The molecule has 0 nitrogen and oxygen atoms in total. The van der Waals surface area contributed by atoms with E-state index in [0.29, 0.717) is 0 Å². The van der Waals surface area contributed by atoms with Crippen molar-refractivity contribution in [2.24, 2.45) is 0 Å². The predicted octanol–water partition coefficient (Wildman–Crippen LogP) is 2.06. The second-order valence-electron chi connectivity index (χ2n) is 0.126. The number of halogens is 2. The van der Waals surface area contributed by atoms with E-state index in [1.165, 1.54) is 14.8 Å². The molecule has 0 amide bonds. The zero-order chi connectivity index (χ0) is 4.71. The van der Waals surface area contributed by atoms with Crippen LogP contribution in [-0.2, 0) is 14.8 Å². The van der Waals surface area contributed by atoms with Crippen LogP contribution in [0.25, 0.3) is 0 Å². The van der Waals surface area contributed by atoms with Gasteiger partial charge in [0.1, 0.15) is 0 Å². The molecule has 0 fully saturated rings. The molecule has 0 atom stereocenters. The average Bonchev–Trinajstić information content (AvgIpc) is 1.46. The molecule has 5 heavy (non-hydrogen) atoms. The fourth-order valence-electron chi connectivity index (χ4n) is 0. The van der Waals surface area contributed by atoms with Crippen LogP contribution in [-0.4, -0.2) is 0 Å². The van der Waals surface area contributed by atoms with E-state index in [2.05, 4.69) is 37.9 Å². The fourth-order valence-corrected chi connectivity index (χ4v) is 0. The molecule has 0 aromatic rings. The average molecular weight is 254 g/mol. The Labute approximate surface area is 57.8 Å². The first kappa shape index (κ1) is 9.63. The van der Waals surface area contributed by atoms with Crippen molar-refractivity contribution in [1.29, 1.82) is 0 Å². The van der Waals surface area contributed by atoms with Gasteiger partial charge < -0.3 is 6.58 Å². The first-order valence-corrected chi connectivity index (χ1v) is 10.3. The standard InChI is InChI=1S/C2H2Cl.HI.Zn/c1-2-3;;/h1-2H;1H;/q-1;;+2/p-1. The summed E-state index contributed by atoms with van der Waals surface area (Å²) in [5, 5.41) is 0. The van der Waals surface area contributed by atoms with E-state index in [1.54, 1.807) is 0 Å². The van der Waals surface area contributed by atoms with Gasteiger partial charge in [-0.1, -0.05) is 0 Å². The van der Waals surface area contributed by atoms with E-state index in [0.717, 1.165) is 5.54 Å². The third-order valence-corrected chi connectivity index (χ3v) is 0. The Morgan fingerprint density at radius 2 is 1.80 bits per heavy atom. The number of hydrogen-bond donors (Lipinski definition) is 0. The van der Waals surface area contributed by atoms with E-state index in [4.69, 9.17) is 0 Å². The molecule has 0 rings (SSSR count). The molecule has 0 aromatic heterocycles. The summed E-state index contributed by atoms with van der Waals surface area (Å²) in [7, 11) is 0. The van der Waals surface area contributed by atoms with E-state index in [1.807, 2.05) is 0 Å². The summed E-state index contributed by atoms with van der Waals surface area (Å²) < 4.78 is 0. The van der Waals surface area contributed by atoms with Gasteiger partial charge in [0, 0.05) is 0 Å². The third-order valence-electron chi connectivity index (χ3n) is 0. The van der Waals surface area contributed by atoms with Crippen LogP contribution in [0.3, 0.4) is 0 Å². The Morgan fingerprint density at radius 3 is 1.80 bits per heavy atom. The molecule has 0 saturated heterocycles. The van der Waals surface area contributed by atoms with Gasteiger partial charge in [0.15, 0.2) is 0 Å². The molecule has 0 spiro atoms. The Hall–Kier alpha value is 1.38. The molecule has 0 unspecified atom stereocenters. The van der Waals surface area contributed by atoms with Gasteiger partial charge in [-0.3, -0.25) is 0 Å². The van der Waals surface area contributed by atoms with Crippen LogP contribution < -0.4 is 0 Å². The van der Waals surface area contributed by atoms with Crippen LogP contribution in [0.4, 0.5) is 0 Å². The fraction of sp³-hybridized carbons (Fsp3) is 0. The van der Waals surface area contributed by atoms with Crippen molar-refractivity contribution in [2.45, 2.75) is 0 Å². The zero-order valence-electron chi connectivity index (χ0n) is 2.62. The van der Waals surface area contributed by atoms with Crippen LogP contribution in [0.2, 0.25) is 0 Å². The van der Waals surface area contributed by atoms with Crippen molar-refractivity contribution in [2.75, 3.05) is 0 Å². The first-order valence-electron chi connectivity index (χ1n) is 0.819. The van der Waals surface area contributed by atoms with Crippen LogP contribution in [0.15, 0.2) is 5.54 Å². The van der Waals surface area contributed by atoms with Crippen molar-refractivity contribution in [1.82, 2.24) is 0 Å². The summed E-state index contributed by atoms with van der Waals surface area (Å²) in [5.74, 6) is 0. The SMILES string of the molecule is [CH-]=CCl.[Zn+][I]. The molecule has 0 N–H and O–H groups in total. The monoisotopic (exact) mass is 252 g/mol. The summed E-state index contributed by atoms with van der Waals surface area (Å²) >= 11 is 8.27. The number of hydrogen-bond acceptors (Lipinski definition) is 0. The predicted molar refractivity (Wildman–Crippen MR) is 28.7 cm³/mol. The molecule has 0 aliphatic heterocycles. The van der Waals surface area contributed by atoms with Crippen molar-refractivity contribution in [3.8, 4) is 0 Å². The molecule has 0 radical (unpaired) electrons. The quantitative estimate of drug-likeness (QED) is 0.352. The molecule has 0 heterocycles. The molecular weight excluding hydrogens is 252 g/mol. The normalized spacial score (nSPS) is 4.00. The second-order valence-corrected chi connectivity index (χ2v) is 0.378. The van der Waals surface area contributed by atoms with E-state index >= 15 is 0 Å². The number of rotatable bonds is 0. The van der Waals surface area contributed by atoms with Crippen molar-refractivity contribution in [3.63, 3.8) is 0 Å². The Balaban J connectivity index is 0. The molecule has 0 aliphatic carbocycles. The Bertz CT molecular complexity index is 17.1. The minimum atomic E-state index is 0.972. The molecule has 0 aromatic carbocycles. The van der Waals surface area contributed by atoms with Gasteiger partial charge in [-0.25, -0.2) is 0 Å². The van der Waals surface area contributed by atoms with E-state index in [9.17, 15) is 0 Å². The van der Waals surface area contributed by atoms with Gasteiger partial charge in [0.2, 0.25) is 0 Å². The maximum atomic E-state index is 4.65. The Kier molecular flexibility index (Phi) is 35.1. The van der Waals surface area contributed by atoms with Crippen LogP contribution >= 0.6 is 31.4 Å². The van der Waals surface area contributed by atoms with Gasteiger partial charge >= 0.3 is 34.5 Å². The maximum absolute atomic E-state index is 4.65. The zero-order valence-corrected chi connectivity index (χ0v) is 8.50. The van der Waals surface area contributed by atoms with Gasteiger partial charge in [-0.05, 0) is 0 Å². The van der Waals surface area contributed by atoms with E-state index < -0.39 is 0 Å². The topological polar surface area (TPSA) is 0 Å². The van der Waals surface area contributed by atoms with Crippen molar-refractivity contribution >= 4 is 31.4 Å². The molecule has 26 valence electrons. The minimum absolute atomic E-state index is 0.972.